The molecule has 1 aliphatic heterocycles. The van der Waals surface area contributed by atoms with E-state index in [1.165, 1.54) is 4.90 Å². The van der Waals surface area contributed by atoms with Gasteiger partial charge in [0.15, 0.2) is 0 Å². The van der Waals surface area contributed by atoms with Crippen molar-refractivity contribution in [2.75, 3.05) is 5.75 Å². The average Bonchev–Trinajstić information content (AvgIpc) is 2.63. The standard InChI is InChI=1S/C12H12NS/c1-10-7-8-11(13-10)9-14-12-5-3-2-4-6-12/h2-8H,9H2,1H3. The summed E-state index contributed by atoms with van der Waals surface area (Å²) in [4.78, 5) is 1.30. The molecule has 1 aromatic carbocycles. The third-order valence-electron chi connectivity index (χ3n) is 1.97. The molecule has 5 radical (unpaired) electrons. The van der Waals surface area contributed by atoms with Crippen molar-refractivity contribution in [3.8, 4) is 0 Å². The Labute approximate surface area is 90.3 Å². The first-order valence-electron chi connectivity index (χ1n) is 4.61. The van der Waals surface area contributed by atoms with Gasteiger partial charge in [-0.3, -0.25) is 0 Å². The van der Waals surface area contributed by atoms with Crippen LogP contribution in [-0.2, 0) is 0 Å². The fourth-order valence-electron chi connectivity index (χ4n) is 1.27. The lowest BCUT2D eigenvalue weighted by molar-refractivity contribution is 0.832. The van der Waals surface area contributed by atoms with Crippen LogP contribution < -0.4 is 5.32 Å². The second kappa shape index (κ2) is 4.85. The number of hydrogen-bond acceptors (Lipinski definition) is 1. The van der Waals surface area contributed by atoms with Gasteiger partial charge in [-0.1, -0.05) is 18.2 Å². The molecular formula is C12H12NS. The lowest BCUT2D eigenvalue weighted by atomic mass is 10.2. The summed E-state index contributed by atoms with van der Waals surface area (Å²) in [6, 6.07) is 12.7. The molecule has 0 bridgehead atoms. The van der Waals surface area contributed by atoms with Crippen molar-refractivity contribution in [3.63, 3.8) is 0 Å². The number of nitrogens with zero attached hydrogens (tertiary/aromatic N) is 1. The van der Waals surface area contributed by atoms with Gasteiger partial charge in [-0.25, -0.2) is 5.32 Å². The molecule has 2 rings (SSSR count). The summed E-state index contributed by atoms with van der Waals surface area (Å²) in [6.07, 6.45) is 4.14. The Hall–Kier alpha value is -0.470. The summed E-state index contributed by atoms with van der Waals surface area (Å²) < 4.78 is 0. The van der Waals surface area contributed by atoms with Crippen molar-refractivity contribution in [3.05, 3.63) is 55.3 Å². The van der Waals surface area contributed by atoms with Crippen molar-refractivity contribution in [2.45, 2.75) is 11.8 Å². The van der Waals surface area contributed by atoms with Crippen LogP contribution in [0.4, 0.5) is 0 Å². The molecule has 0 aromatic heterocycles. The topological polar surface area (TPSA) is 14.1 Å². The van der Waals surface area contributed by atoms with Gasteiger partial charge < -0.3 is 0 Å². The zero-order valence-electron chi connectivity index (χ0n) is 8.10. The highest BCUT2D eigenvalue weighted by Crippen LogP contribution is 2.28. The van der Waals surface area contributed by atoms with Crippen LogP contribution in [0.25, 0.3) is 0 Å². The monoisotopic (exact) mass is 202 g/mol. The highest BCUT2D eigenvalue weighted by atomic mass is 32.2. The maximum atomic E-state index is 4.40. The molecule has 0 spiro atoms. The van der Waals surface area contributed by atoms with Crippen molar-refractivity contribution in [2.24, 2.45) is 0 Å². The minimum Gasteiger partial charge on any atom is -0.223 e. The molecule has 1 heterocycles. The van der Waals surface area contributed by atoms with Gasteiger partial charge in [-0.2, -0.15) is 0 Å². The van der Waals surface area contributed by atoms with Crippen LogP contribution in [0.2, 0.25) is 0 Å². The lowest BCUT2D eigenvalue weighted by Gasteiger charge is -2.07. The summed E-state index contributed by atoms with van der Waals surface area (Å²) in [6.45, 7) is 2.02. The van der Waals surface area contributed by atoms with Gasteiger partial charge in [-0.05, 0) is 31.9 Å². The number of hydrogen-bond donors (Lipinski definition) is 0. The Morgan fingerprint density at radius 1 is 1.14 bits per heavy atom. The first kappa shape index (κ1) is 10.1. The highest BCUT2D eigenvalue weighted by molar-refractivity contribution is 7.99. The van der Waals surface area contributed by atoms with Gasteiger partial charge in [0.1, 0.15) is 0 Å². The van der Waals surface area contributed by atoms with Crippen LogP contribution in [0.5, 0.6) is 0 Å². The molecule has 2 heteroatoms. The van der Waals surface area contributed by atoms with Crippen LogP contribution in [0.3, 0.4) is 0 Å². The fourth-order valence-corrected chi connectivity index (χ4v) is 2.10. The Kier molecular flexibility index (Phi) is 3.49. The molecule has 1 nitrogen and oxygen atoms in total. The molecule has 1 saturated heterocycles. The summed E-state index contributed by atoms with van der Waals surface area (Å²) in [5, 5.41) is 4.40. The Balaban J connectivity index is 1.78. The summed E-state index contributed by atoms with van der Waals surface area (Å²) in [7, 11) is 0. The van der Waals surface area contributed by atoms with Gasteiger partial charge in [0.25, 0.3) is 0 Å². The third kappa shape index (κ3) is 2.76. The van der Waals surface area contributed by atoms with Crippen molar-refractivity contribution >= 4 is 11.8 Å². The molecule has 0 aliphatic carbocycles. The maximum absolute atomic E-state index is 4.40. The van der Waals surface area contributed by atoms with Gasteiger partial charge in [0.05, 0.1) is 12.1 Å². The molecule has 0 N–H and O–H groups in total. The van der Waals surface area contributed by atoms with Crippen LogP contribution in [-0.4, -0.2) is 5.75 Å². The van der Waals surface area contributed by atoms with Gasteiger partial charge in [0, 0.05) is 10.6 Å². The SMILES string of the molecule is C[C]1[CH][CH][C](CSc2ccccc2)[N]1. The highest BCUT2D eigenvalue weighted by Gasteiger charge is 2.23. The Morgan fingerprint density at radius 2 is 1.93 bits per heavy atom. The third-order valence-corrected chi connectivity index (χ3v) is 3.01. The van der Waals surface area contributed by atoms with Gasteiger partial charge >= 0.3 is 0 Å². The molecular weight excluding hydrogens is 190 g/mol. The molecule has 1 aliphatic rings. The summed E-state index contributed by atoms with van der Waals surface area (Å²) >= 11 is 1.82. The van der Waals surface area contributed by atoms with Crippen molar-refractivity contribution in [1.82, 2.24) is 5.32 Å². The Bertz CT molecular complexity index is 273. The second-order valence-electron chi connectivity index (χ2n) is 3.18. The number of benzene rings is 1. The number of rotatable bonds is 3. The minimum atomic E-state index is 0.956. The maximum Gasteiger partial charge on any atom is 0.0700 e. The first-order chi connectivity index (χ1) is 6.84. The molecule has 1 fully saturated rings. The van der Waals surface area contributed by atoms with Crippen LogP contribution in [0.15, 0.2) is 35.2 Å². The van der Waals surface area contributed by atoms with Crippen LogP contribution >= 0.6 is 11.8 Å². The van der Waals surface area contributed by atoms with Crippen LogP contribution in [0, 0.1) is 24.9 Å². The van der Waals surface area contributed by atoms with E-state index in [0.29, 0.717) is 0 Å². The molecule has 14 heavy (non-hydrogen) atoms. The van der Waals surface area contributed by atoms with E-state index in [0.717, 1.165) is 17.8 Å². The average molecular weight is 202 g/mol. The van der Waals surface area contributed by atoms with E-state index >= 15 is 0 Å². The smallest absolute Gasteiger partial charge is 0.0700 e. The lowest BCUT2D eigenvalue weighted by Crippen LogP contribution is -2.08. The van der Waals surface area contributed by atoms with E-state index in [1.54, 1.807) is 0 Å². The first-order valence-corrected chi connectivity index (χ1v) is 5.60. The zero-order valence-corrected chi connectivity index (χ0v) is 8.92. The normalized spacial score (nSPS) is 18.9. The van der Waals surface area contributed by atoms with E-state index in [2.05, 4.69) is 42.4 Å². The molecule has 71 valence electrons. The second-order valence-corrected chi connectivity index (χ2v) is 4.23. The summed E-state index contributed by atoms with van der Waals surface area (Å²) in [5.74, 6) is 0.956. The largest absolute Gasteiger partial charge is 0.223 e. The molecule has 1 aromatic rings. The van der Waals surface area contributed by atoms with E-state index < -0.39 is 0 Å². The van der Waals surface area contributed by atoms with Gasteiger partial charge in [0.2, 0.25) is 0 Å². The predicted molar refractivity (Wildman–Crippen MR) is 60.1 cm³/mol. The molecule has 0 amide bonds. The Morgan fingerprint density at radius 3 is 2.57 bits per heavy atom. The quantitative estimate of drug-likeness (QED) is 0.687. The minimum absolute atomic E-state index is 0.956. The summed E-state index contributed by atoms with van der Waals surface area (Å²) in [5.41, 5.74) is 0. The predicted octanol–water partition coefficient (Wildman–Crippen LogP) is 2.89. The van der Waals surface area contributed by atoms with Gasteiger partial charge in [-0.15, -0.1) is 11.8 Å². The van der Waals surface area contributed by atoms with E-state index in [4.69, 9.17) is 0 Å². The molecule has 0 atom stereocenters. The van der Waals surface area contributed by atoms with Crippen LogP contribution in [0.1, 0.15) is 6.92 Å². The van der Waals surface area contributed by atoms with Crippen molar-refractivity contribution in [1.29, 1.82) is 0 Å². The molecule has 0 saturated carbocycles. The zero-order chi connectivity index (χ0) is 9.80. The van der Waals surface area contributed by atoms with E-state index in [9.17, 15) is 0 Å². The fraction of sp³-hybridized carbons (Fsp3) is 0.167. The van der Waals surface area contributed by atoms with E-state index in [-0.39, 0.29) is 0 Å². The number of thioether (sulfide) groups is 1. The van der Waals surface area contributed by atoms with E-state index in [1.807, 2.05) is 24.8 Å². The van der Waals surface area contributed by atoms with Crippen molar-refractivity contribution < 1.29 is 0 Å². The molecule has 0 unspecified atom stereocenters.